The first-order chi connectivity index (χ1) is 25.2. The second-order valence-electron chi connectivity index (χ2n) is 15.8. The summed E-state index contributed by atoms with van der Waals surface area (Å²) in [6.45, 7) is 17.4. The Balaban J connectivity index is 0.00000561. The van der Waals surface area contributed by atoms with E-state index in [4.69, 9.17) is 14.5 Å². The van der Waals surface area contributed by atoms with E-state index in [2.05, 4.69) is 54.2 Å². The van der Waals surface area contributed by atoms with Gasteiger partial charge in [0, 0.05) is 44.4 Å². The van der Waals surface area contributed by atoms with Gasteiger partial charge in [0.25, 0.3) is 15.9 Å². The summed E-state index contributed by atoms with van der Waals surface area (Å²) in [6.07, 6.45) is 2.63. The molecule has 1 saturated heterocycles. The molecule has 284 valence electrons. The highest BCUT2D eigenvalue weighted by Crippen LogP contribution is 2.32. The Morgan fingerprint density at radius 1 is 0.962 bits per heavy atom. The van der Waals surface area contributed by atoms with Crippen LogP contribution in [0.5, 0.6) is 5.88 Å². The Bertz CT molecular complexity index is 2030. The summed E-state index contributed by atoms with van der Waals surface area (Å²) in [6, 6.07) is 19.6. The predicted molar refractivity (Wildman–Crippen MR) is 210 cm³/mol. The number of pyridine rings is 1. The zero-order valence-electron chi connectivity index (χ0n) is 31.9. The van der Waals surface area contributed by atoms with Crippen molar-refractivity contribution in [2.75, 3.05) is 36.0 Å². The van der Waals surface area contributed by atoms with Gasteiger partial charge in [-0.1, -0.05) is 51.1 Å². The van der Waals surface area contributed by atoms with Crippen molar-refractivity contribution in [3.8, 4) is 17.1 Å². The Hall–Kier alpha value is -4.55. The van der Waals surface area contributed by atoms with Gasteiger partial charge in [-0.15, -0.1) is 0 Å². The molecule has 0 radical (unpaired) electrons. The van der Waals surface area contributed by atoms with Crippen LogP contribution in [-0.4, -0.2) is 72.6 Å². The number of nitrogens with one attached hydrogen (secondary N) is 1. The summed E-state index contributed by atoms with van der Waals surface area (Å²) >= 11 is 0. The van der Waals surface area contributed by atoms with Crippen LogP contribution in [0.3, 0.4) is 0 Å². The van der Waals surface area contributed by atoms with Crippen molar-refractivity contribution < 1.29 is 24.1 Å². The molecular weight excluding hydrogens is 689 g/mol. The number of hydrogen-bond acceptors (Lipinski definition) is 9. The normalized spacial score (nSPS) is 18.0. The van der Waals surface area contributed by atoms with Gasteiger partial charge in [0.05, 0.1) is 28.9 Å². The Morgan fingerprint density at radius 2 is 1.66 bits per heavy atom. The maximum absolute atomic E-state index is 14.7. The van der Waals surface area contributed by atoms with E-state index in [1.54, 1.807) is 23.1 Å². The fraction of sp³-hybridized carbons (Fsp3) is 0.463. The first-order valence-electron chi connectivity index (χ1n) is 18.5. The maximum atomic E-state index is 14.7. The third-order valence-electron chi connectivity index (χ3n) is 9.87. The van der Waals surface area contributed by atoms with Gasteiger partial charge in [-0.05, 0) is 99.7 Å². The summed E-state index contributed by atoms with van der Waals surface area (Å²) in [5.74, 6) is 1.15. The first kappa shape index (κ1) is 38.2. The number of benzene rings is 2. The van der Waals surface area contributed by atoms with Gasteiger partial charge < -0.3 is 19.3 Å². The van der Waals surface area contributed by atoms with Crippen LogP contribution in [0.25, 0.3) is 11.3 Å². The van der Waals surface area contributed by atoms with E-state index in [1.807, 2.05) is 50.2 Å². The lowest BCUT2D eigenvalue weighted by Gasteiger charge is -2.36. The summed E-state index contributed by atoms with van der Waals surface area (Å²) in [4.78, 5) is 33.0. The van der Waals surface area contributed by atoms with Crippen LogP contribution >= 0.6 is 0 Å². The predicted octanol–water partition coefficient (Wildman–Crippen LogP) is 7.68. The lowest BCUT2D eigenvalue weighted by atomic mass is 9.87. The second kappa shape index (κ2) is 15.8. The highest BCUT2D eigenvalue weighted by atomic mass is 32.2. The number of sulfonamides is 1. The van der Waals surface area contributed by atoms with Gasteiger partial charge in [-0.2, -0.15) is 4.98 Å². The molecule has 0 aliphatic carbocycles. The number of hydrogen-bond donors (Lipinski definition) is 1. The molecule has 12 heteroatoms. The van der Waals surface area contributed by atoms with Crippen LogP contribution in [0.2, 0.25) is 0 Å². The highest BCUT2D eigenvalue weighted by molar-refractivity contribution is 7.92. The number of amides is 1. The summed E-state index contributed by atoms with van der Waals surface area (Å²) in [7, 11) is -4.18. The standard InChI is InChI=1S/C41H52N6O5S.H2/c1-27(2)46(24-30-17-19-51-20-18-30)36-16-10-14-32(42-36)25-47-33(23-41(5,6)7)26-52-37-22-35(38-28(3)11-8-12-29(38)4)43-40(44-37)45-53(49,50)34-15-9-13-31(21-34)39(47)48;/h8-16,21-22,27,30,33H,17-20,23-26H2,1-7H3,(H,43,44,45);1H/t33-;/m1./s1. The van der Waals surface area contributed by atoms with Crippen molar-refractivity contribution in [2.45, 2.75) is 91.3 Å². The minimum Gasteiger partial charge on any atom is -0.475 e. The Kier molecular flexibility index (Phi) is 11.4. The van der Waals surface area contributed by atoms with E-state index in [9.17, 15) is 13.2 Å². The summed E-state index contributed by atoms with van der Waals surface area (Å²) < 4.78 is 42.2. The SMILES string of the molecule is Cc1cccc(C)c1-c1cc2nc(n1)NS(=O)(=O)c1cccc(c1)C(=O)N(Cc1cccc(N(CC3CCOCC3)C(C)C)n1)[C@H](CC(C)(C)C)CO2.[HH]. The fourth-order valence-electron chi connectivity index (χ4n) is 7.21. The van der Waals surface area contributed by atoms with E-state index < -0.39 is 16.1 Å². The summed E-state index contributed by atoms with van der Waals surface area (Å²) in [5.41, 5.74) is 4.14. The lowest BCUT2D eigenvalue weighted by Crippen LogP contribution is -2.45. The number of fused-ring (bicyclic) bond motifs is 4. The van der Waals surface area contributed by atoms with Gasteiger partial charge in [0.1, 0.15) is 12.4 Å². The second-order valence-corrected chi connectivity index (χ2v) is 17.4. The number of carbonyl (C=O) groups excluding carboxylic acids is 1. The van der Waals surface area contributed by atoms with E-state index in [0.29, 0.717) is 18.0 Å². The molecule has 1 fully saturated rings. The lowest BCUT2D eigenvalue weighted by molar-refractivity contribution is 0.0509. The third-order valence-corrected chi connectivity index (χ3v) is 11.2. The van der Waals surface area contributed by atoms with E-state index >= 15 is 0 Å². The number of rotatable bonds is 8. The zero-order valence-corrected chi connectivity index (χ0v) is 32.7. The number of ether oxygens (including phenoxy) is 2. The molecule has 1 amide bonds. The minimum atomic E-state index is -4.18. The molecule has 0 spiro atoms. The molecule has 53 heavy (non-hydrogen) atoms. The van der Waals surface area contributed by atoms with E-state index in [0.717, 1.165) is 60.8 Å². The molecule has 2 aromatic carbocycles. The van der Waals surface area contributed by atoms with Crippen LogP contribution in [0.1, 0.15) is 82.5 Å². The van der Waals surface area contributed by atoms with Crippen LogP contribution in [-0.2, 0) is 21.3 Å². The minimum absolute atomic E-state index is 0. The van der Waals surface area contributed by atoms with Gasteiger partial charge in [-0.25, -0.2) is 23.1 Å². The molecule has 11 nitrogen and oxygen atoms in total. The number of aromatic nitrogens is 3. The average molecular weight is 743 g/mol. The van der Waals surface area contributed by atoms with Crippen molar-refractivity contribution in [1.29, 1.82) is 0 Å². The molecule has 4 bridgehead atoms. The van der Waals surface area contributed by atoms with Crippen molar-refractivity contribution in [2.24, 2.45) is 11.3 Å². The van der Waals surface area contributed by atoms with Gasteiger partial charge in [-0.3, -0.25) is 4.79 Å². The molecule has 4 heterocycles. The first-order valence-corrected chi connectivity index (χ1v) is 20.0. The van der Waals surface area contributed by atoms with Gasteiger partial charge in [0.15, 0.2) is 0 Å². The van der Waals surface area contributed by atoms with Gasteiger partial charge >= 0.3 is 0 Å². The molecule has 1 atom stereocenters. The van der Waals surface area contributed by atoms with Crippen LogP contribution < -0.4 is 14.4 Å². The smallest absolute Gasteiger partial charge is 0.264 e. The molecule has 4 aromatic rings. The number of nitrogens with zero attached hydrogens (tertiary/aromatic N) is 5. The number of anilines is 2. The summed E-state index contributed by atoms with van der Waals surface area (Å²) in [5, 5.41) is 0. The zero-order chi connectivity index (χ0) is 37.9. The molecular formula is C41H54N6O5S. The monoisotopic (exact) mass is 742 g/mol. The topological polar surface area (TPSA) is 127 Å². The Morgan fingerprint density at radius 3 is 2.36 bits per heavy atom. The molecule has 2 aliphatic heterocycles. The van der Waals surface area contributed by atoms with E-state index in [-0.39, 0.29) is 54.2 Å². The molecule has 1 N–H and O–H groups in total. The van der Waals surface area contributed by atoms with Gasteiger partial charge in [0.2, 0.25) is 11.8 Å². The average Bonchev–Trinajstić information content (AvgIpc) is 3.10. The quantitative estimate of drug-likeness (QED) is 0.193. The van der Waals surface area contributed by atoms with Crippen molar-refractivity contribution in [3.05, 3.63) is 89.1 Å². The van der Waals surface area contributed by atoms with Crippen LogP contribution in [0.15, 0.2) is 71.6 Å². The third kappa shape index (κ3) is 9.34. The van der Waals surface area contributed by atoms with Crippen molar-refractivity contribution in [1.82, 2.24) is 19.9 Å². The van der Waals surface area contributed by atoms with Crippen molar-refractivity contribution in [3.63, 3.8) is 0 Å². The maximum Gasteiger partial charge on any atom is 0.264 e. The molecule has 6 rings (SSSR count). The Labute approximate surface area is 315 Å². The molecule has 0 unspecified atom stereocenters. The van der Waals surface area contributed by atoms with Crippen LogP contribution in [0, 0.1) is 25.2 Å². The van der Waals surface area contributed by atoms with Crippen molar-refractivity contribution >= 4 is 27.7 Å². The number of carbonyl (C=O) groups is 1. The molecule has 2 aliphatic rings. The highest BCUT2D eigenvalue weighted by Gasteiger charge is 2.32. The molecule has 2 aromatic heterocycles. The fourth-order valence-corrected chi connectivity index (χ4v) is 8.20. The van der Waals surface area contributed by atoms with Crippen LogP contribution in [0.4, 0.5) is 11.8 Å². The number of aryl methyl sites for hydroxylation is 2. The van der Waals surface area contributed by atoms with E-state index in [1.165, 1.54) is 12.1 Å². The molecule has 0 saturated carbocycles. The largest absolute Gasteiger partial charge is 0.475 e.